The summed E-state index contributed by atoms with van der Waals surface area (Å²) in [5, 5.41) is 8.76. The number of hydrogen-bond donors (Lipinski definition) is 1. The van der Waals surface area contributed by atoms with Crippen LogP contribution in [0.4, 0.5) is 4.79 Å². The Morgan fingerprint density at radius 3 is 2.82 bits per heavy atom. The zero-order valence-electron chi connectivity index (χ0n) is 9.80. The van der Waals surface area contributed by atoms with Gasteiger partial charge < -0.3 is 14.9 Å². The molecule has 1 aliphatic heterocycles. The topological polar surface area (TPSA) is 60.9 Å². The summed E-state index contributed by atoms with van der Waals surface area (Å²) in [5.74, 6) is 0.981. The molecule has 0 aromatic rings. The molecule has 96 valence electrons. The molecule has 6 heteroatoms. The highest BCUT2D eigenvalue weighted by Gasteiger charge is 2.22. The van der Waals surface area contributed by atoms with Gasteiger partial charge in [0.05, 0.1) is 0 Å². The molecule has 0 atom stereocenters. The van der Waals surface area contributed by atoms with E-state index < -0.39 is 5.97 Å². The first-order valence-corrected chi connectivity index (χ1v) is 6.75. The van der Waals surface area contributed by atoms with Crippen LogP contribution in [0.1, 0.15) is 6.42 Å². The summed E-state index contributed by atoms with van der Waals surface area (Å²) in [6.07, 6.45) is 2.51. The number of carbonyl (C=O) groups excluding carboxylic acids is 1. The van der Waals surface area contributed by atoms with Gasteiger partial charge in [-0.3, -0.25) is 4.79 Å². The molecule has 2 amide bonds. The normalized spacial score (nSPS) is 16.1. The van der Waals surface area contributed by atoms with E-state index in [2.05, 4.69) is 6.58 Å². The Kier molecular flexibility index (Phi) is 5.90. The molecular formula is C11H18N2O3S. The minimum absolute atomic E-state index is 0.199. The molecule has 0 aliphatic carbocycles. The van der Waals surface area contributed by atoms with Crippen LogP contribution in [0.15, 0.2) is 12.7 Å². The van der Waals surface area contributed by atoms with Crippen LogP contribution < -0.4 is 0 Å². The van der Waals surface area contributed by atoms with E-state index in [4.69, 9.17) is 5.11 Å². The maximum Gasteiger partial charge on any atom is 0.323 e. The van der Waals surface area contributed by atoms with Gasteiger partial charge >= 0.3 is 12.0 Å². The van der Waals surface area contributed by atoms with E-state index in [-0.39, 0.29) is 19.1 Å². The van der Waals surface area contributed by atoms with Crippen LogP contribution in [-0.4, -0.2) is 64.6 Å². The number of aliphatic carboxylic acids is 1. The van der Waals surface area contributed by atoms with Gasteiger partial charge in [-0.05, 0) is 12.2 Å². The van der Waals surface area contributed by atoms with Crippen molar-refractivity contribution >= 4 is 23.8 Å². The number of carboxylic acid groups (broad SMARTS) is 1. The molecule has 1 rings (SSSR count). The van der Waals surface area contributed by atoms with Crippen molar-refractivity contribution in [3.8, 4) is 0 Å². The smallest absolute Gasteiger partial charge is 0.323 e. The Morgan fingerprint density at radius 2 is 2.18 bits per heavy atom. The second-order valence-electron chi connectivity index (χ2n) is 3.80. The van der Waals surface area contributed by atoms with E-state index in [1.807, 2.05) is 11.8 Å². The fourth-order valence-electron chi connectivity index (χ4n) is 1.67. The lowest BCUT2D eigenvalue weighted by Gasteiger charge is -2.27. The van der Waals surface area contributed by atoms with Crippen LogP contribution in [0.3, 0.4) is 0 Å². The number of amides is 2. The third-order valence-electron chi connectivity index (χ3n) is 2.44. The van der Waals surface area contributed by atoms with Gasteiger partial charge in [-0.2, -0.15) is 11.8 Å². The SMILES string of the molecule is C=CCN(CC(=O)O)C(=O)N1CCCSCC1. The summed E-state index contributed by atoms with van der Waals surface area (Å²) in [7, 11) is 0. The van der Waals surface area contributed by atoms with E-state index in [9.17, 15) is 9.59 Å². The number of carbonyl (C=O) groups is 2. The molecule has 17 heavy (non-hydrogen) atoms. The molecule has 0 saturated carbocycles. The maximum atomic E-state index is 12.1. The van der Waals surface area contributed by atoms with Gasteiger partial charge in [0.25, 0.3) is 0 Å². The van der Waals surface area contributed by atoms with E-state index in [1.165, 1.54) is 4.90 Å². The van der Waals surface area contributed by atoms with E-state index >= 15 is 0 Å². The van der Waals surface area contributed by atoms with Crippen LogP contribution in [0, 0.1) is 0 Å². The standard InChI is InChI=1S/C11H18N2O3S/c1-2-4-13(9-10(14)15)11(16)12-5-3-7-17-8-6-12/h2H,1,3-9H2,(H,14,15). The van der Waals surface area contributed by atoms with Crippen molar-refractivity contribution in [3.63, 3.8) is 0 Å². The first-order chi connectivity index (χ1) is 8.15. The van der Waals surface area contributed by atoms with Crippen LogP contribution in [0.5, 0.6) is 0 Å². The number of nitrogens with zero attached hydrogens (tertiary/aromatic N) is 2. The van der Waals surface area contributed by atoms with Gasteiger partial charge in [-0.25, -0.2) is 4.79 Å². The lowest BCUT2D eigenvalue weighted by molar-refractivity contribution is -0.137. The lowest BCUT2D eigenvalue weighted by atomic mass is 10.4. The summed E-state index contributed by atoms with van der Waals surface area (Å²) >= 11 is 1.83. The summed E-state index contributed by atoms with van der Waals surface area (Å²) < 4.78 is 0. The second kappa shape index (κ2) is 7.21. The van der Waals surface area contributed by atoms with Crippen molar-refractivity contribution in [2.24, 2.45) is 0 Å². The quantitative estimate of drug-likeness (QED) is 0.768. The molecule has 0 bridgehead atoms. The predicted octanol–water partition coefficient (Wildman–Crippen LogP) is 1.12. The third kappa shape index (κ3) is 4.68. The van der Waals surface area contributed by atoms with Crippen molar-refractivity contribution in [1.29, 1.82) is 0 Å². The zero-order valence-corrected chi connectivity index (χ0v) is 10.6. The highest BCUT2D eigenvalue weighted by atomic mass is 32.2. The largest absolute Gasteiger partial charge is 0.480 e. The van der Waals surface area contributed by atoms with Crippen molar-refractivity contribution in [3.05, 3.63) is 12.7 Å². The van der Waals surface area contributed by atoms with Crippen LogP contribution >= 0.6 is 11.8 Å². The average molecular weight is 258 g/mol. The first kappa shape index (κ1) is 13.9. The Balaban J connectivity index is 2.60. The van der Waals surface area contributed by atoms with E-state index in [1.54, 1.807) is 11.0 Å². The number of rotatable bonds is 4. The molecule has 5 nitrogen and oxygen atoms in total. The Bertz CT molecular complexity index is 288. The number of hydrogen-bond acceptors (Lipinski definition) is 3. The van der Waals surface area contributed by atoms with Gasteiger partial charge in [-0.1, -0.05) is 6.08 Å². The van der Waals surface area contributed by atoms with Gasteiger partial charge in [0.15, 0.2) is 0 Å². The number of thioether (sulfide) groups is 1. The summed E-state index contributed by atoms with van der Waals surface area (Å²) in [4.78, 5) is 25.8. The molecule has 1 saturated heterocycles. The Hall–Kier alpha value is -1.17. The minimum atomic E-state index is -0.996. The highest BCUT2D eigenvalue weighted by Crippen LogP contribution is 2.11. The van der Waals surface area contributed by atoms with E-state index in [0.29, 0.717) is 13.1 Å². The summed E-state index contributed by atoms with van der Waals surface area (Å²) in [6.45, 7) is 4.95. The number of urea groups is 1. The molecule has 1 N–H and O–H groups in total. The molecule has 1 fully saturated rings. The Morgan fingerprint density at radius 1 is 1.41 bits per heavy atom. The number of carboxylic acids is 1. The van der Waals surface area contributed by atoms with Crippen molar-refractivity contribution in [1.82, 2.24) is 9.80 Å². The minimum Gasteiger partial charge on any atom is -0.480 e. The van der Waals surface area contributed by atoms with Crippen molar-refractivity contribution in [2.45, 2.75) is 6.42 Å². The van der Waals surface area contributed by atoms with Crippen LogP contribution in [0.25, 0.3) is 0 Å². The third-order valence-corrected chi connectivity index (χ3v) is 3.49. The maximum absolute atomic E-state index is 12.1. The second-order valence-corrected chi connectivity index (χ2v) is 5.02. The molecule has 1 aliphatic rings. The molecule has 0 aromatic carbocycles. The van der Waals surface area contributed by atoms with Crippen molar-refractivity contribution < 1.29 is 14.7 Å². The highest BCUT2D eigenvalue weighted by molar-refractivity contribution is 7.99. The van der Waals surface area contributed by atoms with Gasteiger partial charge in [0.1, 0.15) is 6.54 Å². The predicted molar refractivity (Wildman–Crippen MR) is 68.3 cm³/mol. The fourth-order valence-corrected chi connectivity index (χ4v) is 2.55. The zero-order chi connectivity index (χ0) is 12.7. The molecule has 1 heterocycles. The lowest BCUT2D eigenvalue weighted by Crippen LogP contribution is -2.46. The molecule has 0 aromatic heterocycles. The fraction of sp³-hybridized carbons (Fsp3) is 0.636. The molecule has 0 unspecified atom stereocenters. The molecular weight excluding hydrogens is 240 g/mol. The molecule has 0 spiro atoms. The Labute approximate surface area is 105 Å². The first-order valence-electron chi connectivity index (χ1n) is 5.59. The molecule has 0 radical (unpaired) electrons. The van der Waals surface area contributed by atoms with E-state index in [0.717, 1.165) is 17.9 Å². The van der Waals surface area contributed by atoms with Gasteiger partial charge in [0, 0.05) is 25.4 Å². The average Bonchev–Trinajstić information content (AvgIpc) is 2.55. The summed E-state index contributed by atoms with van der Waals surface area (Å²) in [6, 6.07) is -0.199. The van der Waals surface area contributed by atoms with Crippen LogP contribution in [0.2, 0.25) is 0 Å². The monoisotopic (exact) mass is 258 g/mol. The van der Waals surface area contributed by atoms with Gasteiger partial charge in [0.2, 0.25) is 0 Å². The van der Waals surface area contributed by atoms with Crippen LogP contribution in [-0.2, 0) is 4.79 Å². The van der Waals surface area contributed by atoms with Crippen molar-refractivity contribution in [2.75, 3.05) is 37.7 Å². The van der Waals surface area contributed by atoms with Gasteiger partial charge in [-0.15, -0.1) is 6.58 Å². The summed E-state index contributed by atoms with van der Waals surface area (Å²) in [5.41, 5.74) is 0.